The van der Waals surface area contributed by atoms with Crippen LogP contribution in [-0.2, 0) is 14.8 Å². The Morgan fingerprint density at radius 1 is 1.21 bits per heavy atom. The van der Waals surface area contributed by atoms with Crippen LogP contribution in [0.1, 0.15) is 17.8 Å². The van der Waals surface area contributed by atoms with Gasteiger partial charge in [-0.3, -0.25) is 4.79 Å². The van der Waals surface area contributed by atoms with Crippen LogP contribution >= 0.6 is 11.3 Å². The van der Waals surface area contributed by atoms with E-state index in [0.717, 1.165) is 28.4 Å². The van der Waals surface area contributed by atoms with Crippen LogP contribution in [0.15, 0.2) is 52.7 Å². The van der Waals surface area contributed by atoms with Crippen molar-refractivity contribution < 1.29 is 22.3 Å². The number of hydrogen-bond acceptors (Lipinski definition) is 6. The number of thiazole rings is 1. The van der Waals surface area contributed by atoms with E-state index in [1.165, 1.54) is 17.5 Å². The lowest BCUT2D eigenvalue weighted by Gasteiger charge is -2.31. The number of methoxy groups -OCH3 is 1. The number of piperidine rings is 1. The molecule has 1 aliphatic rings. The fourth-order valence-electron chi connectivity index (χ4n) is 3.85. The van der Waals surface area contributed by atoms with Crippen molar-refractivity contribution in [1.29, 1.82) is 0 Å². The number of rotatable bonds is 6. The van der Waals surface area contributed by atoms with Crippen LogP contribution in [0.4, 0.5) is 10.1 Å². The molecule has 0 aliphatic carbocycles. The summed E-state index contributed by atoms with van der Waals surface area (Å²) >= 11 is 1.56. The number of hydrogen-bond donors (Lipinski definition) is 1. The first-order valence-electron chi connectivity index (χ1n) is 10.4. The number of carbonyl (C=O) groups excluding carboxylic acids is 1. The predicted octanol–water partition coefficient (Wildman–Crippen LogP) is 4.31. The average Bonchev–Trinajstić information content (AvgIpc) is 3.25. The normalized spacial score (nSPS) is 15.4. The molecule has 0 bridgehead atoms. The number of aryl methyl sites for hydroxylation is 1. The quantitative estimate of drug-likeness (QED) is 0.558. The van der Waals surface area contributed by atoms with Crippen LogP contribution in [0.5, 0.6) is 5.75 Å². The zero-order chi connectivity index (χ0) is 23.6. The van der Waals surface area contributed by atoms with Crippen molar-refractivity contribution in [2.24, 2.45) is 5.92 Å². The summed E-state index contributed by atoms with van der Waals surface area (Å²) in [5, 5.41) is 5.88. The molecule has 1 N–H and O–H groups in total. The Labute approximate surface area is 196 Å². The molecule has 0 radical (unpaired) electrons. The van der Waals surface area contributed by atoms with Crippen molar-refractivity contribution in [3.8, 4) is 17.0 Å². The largest absolute Gasteiger partial charge is 0.495 e. The molecule has 0 saturated carbocycles. The van der Waals surface area contributed by atoms with E-state index in [1.54, 1.807) is 11.3 Å². The molecule has 3 aromatic rings. The summed E-state index contributed by atoms with van der Waals surface area (Å²) in [6.45, 7) is 2.27. The summed E-state index contributed by atoms with van der Waals surface area (Å²) in [4.78, 5) is 17.1. The Morgan fingerprint density at radius 3 is 2.64 bits per heavy atom. The molecule has 33 heavy (non-hydrogen) atoms. The molecule has 1 aliphatic heterocycles. The Morgan fingerprint density at radius 2 is 1.97 bits per heavy atom. The van der Waals surface area contributed by atoms with E-state index in [2.05, 4.69) is 10.3 Å². The first-order chi connectivity index (χ1) is 15.8. The third-order valence-electron chi connectivity index (χ3n) is 5.61. The standard InChI is InChI=1S/C23H24FN3O4S2/c1-15-25-20(14-32-15)17-4-3-5-19(12-17)26-23(28)16-8-10-27(11-9-16)33(29,30)22-13-18(24)6-7-21(22)31-2/h3-7,12-14,16H,8-11H2,1-2H3,(H,26,28). The van der Waals surface area contributed by atoms with Crippen LogP contribution in [0.2, 0.25) is 0 Å². The molecule has 1 aromatic heterocycles. The van der Waals surface area contributed by atoms with Gasteiger partial charge in [0.2, 0.25) is 15.9 Å². The van der Waals surface area contributed by atoms with Crippen molar-refractivity contribution in [2.45, 2.75) is 24.7 Å². The van der Waals surface area contributed by atoms with Gasteiger partial charge in [0, 0.05) is 35.6 Å². The van der Waals surface area contributed by atoms with E-state index in [4.69, 9.17) is 4.74 Å². The maximum atomic E-state index is 13.7. The second kappa shape index (κ2) is 9.58. The van der Waals surface area contributed by atoms with E-state index >= 15 is 0 Å². The highest BCUT2D eigenvalue weighted by atomic mass is 32.2. The number of nitrogens with zero attached hydrogens (tertiary/aromatic N) is 2. The van der Waals surface area contributed by atoms with Crippen molar-refractivity contribution in [1.82, 2.24) is 9.29 Å². The number of sulfonamides is 1. The maximum Gasteiger partial charge on any atom is 0.246 e. The average molecular weight is 490 g/mol. The Bertz CT molecular complexity index is 1270. The minimum atomic E-state index is -3.94. The second-order valence-electron chi connectivity index (χ2n) is 7.80. The van der Waals surface area contributed by atoms with Gasteiger partial charge in [-0.25, -0.2) is 17.8 Å². The second-order valence-corrected chi connectivity index (χ2v) is 10.8. The van der Waals surface area contributed by atoms with Crippen LogP contribution in [0.3, 0.4) is 0 Å². The molecule has 174 valence electrons. The Kier molecular flexibility index (Phi) is 6.78. The Hall–Kier alpha value is -2.82. The summed E-state index contributed by atoms with van der Waals surface area (Å²) in [6, 6.07) is 10.9. The summed E-state index contributed by atoms with van der Waals surface area (Å²) in [6.07, 6.45) is 0.737. The first-order valence-corrected chi connectivity index (χ1v) is 12.8. The summed E-state index contributed by atoms with van der Waals surface area (Å²) < 4.78 is 46.2. The molecule has 2 heterocycles. The maximum absolute atomic E-state index is 13.7. The first kappa shape index (κ1) is 23.3. The van der Waals surface area contributed by atoms with Crippen molar-refractivity contribution in [3.63, 3.8) is 0 Å². The predicted molar refractivity (Wildman–Crippen MR) is 125 cm³/mol. The van der Waals surface area contributed by atoms with Crippen LogP contribution < -0.4 is 10.1 Å². The molecule has 1 amide bonds. The third kappa shape index (κ3) is 5.07. The molecule has 4 rings (SSSR count). The van der Waals surface area contributed by atoms with Gasteiger partial charge in [0.1, 0.15) is 16.5 Å². The fourth-order valence-corrected chi connectivity index (χ4v) is 6.11. The summed E-state index contributed by atoms with van der Waals surface area (Å²) in [5.41, 5.74) is 2.45. The number of aromatic nitrogens is 1. The summed E-state index contributed by atoms with van der Waals surface area (Å²) in [5.74, 6) is -1.04. The molecule has 10 heteroatoms. The van der Waals surface area contributed by atoms with Gasteiger partial charge in [-0.05, 0) is 50.1 Å². The van der Waals surface area contributed by atoms with E-state index in [1.807, 2.05) is 36.6 Å². The van der Waals surface area contributed by atoms with Gasteiger partial charge >= 0.3 is 0 Å². The minimum absolute atomic E-state index is 0.0893. The molecule has 7 nitrogen and oxygen atoms in total. The van der Waals surface area contributed by atoms with Crippen molar-refractivity contribution in [2.75, 3.05) is 25.5 Å². The zero-order valence-electron chi connectivity index (χ0n) is 18.2. The van der Waals surface area contributed by atoms with Crippen molar-refractivity contribution in [3.05, 3.63) is 58.7 Å². The number of ether oxygens (including phenoxy) is 1. The van der Waals surface area contributed by atoms with Gasteiger partial charge in [-0.15, -0.1) is 11.3 Å². The number of benzene rings is 2. The van der Waals surface area contributed by atoms with Crippen molar-refractivity contribution >= 4 is 33.0 Å². The highest BCUT2D eigenvalue weighted by Gasteiger charge is 2.34. The lowest BCUT2D eigenvalue weighted by Crippen LogP contribution is -2.41. The topological polar surface area (TPSA) is 88.6 Å². The van der Waals surface area contributed by atoms with Gasteiger partial charge in [0.05, 0.1) is 17.8 Å². The number of halogens is 1. The monoisotopic (exact) mass is 489 g/mol. The molecular formula is C23H24FN3O4S2. The number of anilines is 1. The molecular weight excluding hydrogens is 465 g/mol. The molecule has 1 fully saturated rings. The van der Waals surface area contributed by atoms with Gasteiger partial charge in [-0.2, -0.15) is 4.31 Å². The Balaban J connectivity index is 1.41. The SMILES string of the molecule is COc1ccc(F)cc1S(=O)(=O)N1CCC(C(=O)Nc2cccc(-c3csc(C)n3)c2)CC1. The zero-order valence-corrected chi connectivity index (χ0v) is 19.9. The van der Waals surface area contributed by atoms with Crippen LogP contribution in [0.25, 0.3) is 11.3 Å². The van der Waals surface area contributed by atoms with Gasteiger partial charge in [0.15, 0.2) is 0 Å². The highest BCUT2D eigenvalue weighted by Crippen LogP contribution is 2.31. The number of nitrogens with one attached hydrogen (secondary N) is 1. The third-order valence-corrected chi connectivity index (χ3v) is 8.31. The molecule has 1 saturated heterocycles. The van der Waals surface area contributed by atoms with Gasteiger partial charge < -0.3 is 10.1 Å². The van der Waals surface area contributed by atoms with Crippen LogP contribution in [0, 0.1) is 18.7 Å². The number of carbonyl (C=O) groups is 1. The van der Waals surface area contributed by atoms with E-state index in [-0.39, 0.29) is 35.6 Å². The molecule has 0 atom stereocenters. The highest BCUT2D eigenvalue weighted by molar-refractivity contribution is 7.89. The van der Waals surface area contributed by atoms with Gasteiger partial charge in [0.25, 0.3) is 0 Å². The van der Waals surface area contributed by atoms with E-state index < -0.39 is 15.8 Å². The molecule has 0 spiro atoms. The molecule has 0 unspecified atom stereocenters. The lowest BCUT2D eigenvalue weighted by molar-refractivity contribution is -0.120. The molecule has 2 aromatic carbocycles. The van der Waals surface area contributed by atoms with E-state index in [9.17, 15) is 17.6 Å². The van der Waals surface area contributed by atoms with E-state index in [0.29, 0.717) is 18.5 Å². The minimum Gasteiger partial charge on any atom is -0.495 e. The van der Waals surface area contributed by atoms with Crippen LogP contribution in [-0.4, -0.2) is 43.8 Å². The van der Waals surface area contributed by atoms with Gasteiger partial charge in [-0.1, -0.05) is 12.1 Å². The fraction of sp³-hybridized carbons (Fsp3) is 0.304. The smallest absolute Gasteiger partial charge is 0.246 e. The number of amides is 1. The lowest BCUT2D eigenvalue weighted by atomic mass is 9.97. The summed E-state index contributed by atoms with van der Waals surface area (Å²) in [7, 11) is -2.60.